The van der Waals surface area contributed by atoms with Crippen molar-refractivity contribution in [3.05, 3.63) is 65.9 Å². The fraction of sp³-hybridized carbons (Fsp3) is 0.167. The number of furan rings is 1. The van der Waals surface area contributed by atoms with E-state index < -0.39 is 0 Å². The minimum Gasteiger partial charge on any atom is -0.497 e. The van der Waals surface area contributed by atoms with Crippen molar-refractivity contribution in [3.63, 3.8) is 0 Å². The molecule has 112 valence electrons. The number of carbonyl (C=O) groups excluding carboxylic acids is 1. The highest BCUT2D eigenvalue weighted by molar-refractivity contribution is 5.95. The maximum Gasteiger partial charge on any atom is 0.289 e. The van der Waals surface area contributed by atoms with E-state index in [4.69, 9.17) is 9.15 Å². The maximum absolute atomic E-state index is 12.4. The molecule has 2 aromatic carbocycles. The molecule has 1 amide bonds. The van der Waals surface area contributed by atoms with Crippen LogP contribution in [0.1, 0.15) is 16.1 Å². The molecular weight excluding hydrogens is 278 g/mol. The second-order valence-corrected chi connectivity index (χ2v) is 5.16. The van der Waals surface area contributed by atoms with Crippen LogP contribution in [0.25, 0.3) is 11.0 Å². The number of ether oxygens (including phenoxy) is 1. The number of fused-ring (bicyclic) bond motifs is 1. The highest BCUT2D eigenvalue weighted by atomic mass is 16.5. The summed E-state index contributed by atoms with van der Waals surface area (Å²) in [6.45, 7) is 0.514. The van der Waals surface area contributed by atoms with Crippen LogP contribution < -0.4 is 4.74 Å². The number of methoxy groups -OCH3 is 1. The van der Waals surface area contributed by atoms with E-state index in [9.17, 15) is 4.79 Å². The first-order chi connectivity index (χ1) is 10.7. The Labute approximate surface area is 128 Å². The van der Waals surface area contributed by atoms with E-state index in [0.717, 1.165) is 22.3 Å². The monoisotopic (exact) mass is 295 g/mol. The maximum atomic E-state index is 12.4. The van der Waals surface area contributed by atoms with Gasteiger partial charge in [-0.3, -0.25) is 4.79 Å². The van der Waals surface area contributed by atoms with Crippen molar-refractivity contribution in [2.45, 2.75) is 6.54 Å². The number of nitrogens with zero attached hydrogens (tertiary/aromatic N) is 1. The van der Waals surface area contributed by atoms with Crippen LogP contribution in [0.3, 0.4) is 0 Å². The van der Waals surface area contributed by atoms with Crippen LogP contribution in [0.15, 0.2) is 59.0 Å². The van der Waals surface area contributed by atoms with Gasteiger partial charge in [0.25, 0.3) is 5.91 Å². The Hall–Kier alpha value is -2.75. The van der Waals surface area contributed by atoms with Crippen molar-refractivity contribution in [3.8, 4) is 5.75 Å². The zero-order valence-electron chi connectivity index (χ0n) is 12.6. The summed E-state index contributed by atoms with van der Waals surface area (Å²) >= 11 is 0. The average Bonchev–Trinajstić information content (AvgIpc) is 2.98. The molecule has 3 rings (SSSR count). The zero-order chi connectivity index (χ0) is 15.5. The standard InChI is InChI=1S/C18H17NO3/c1-19(12-13-7-9-15(21-2)10-8-13)18(20)17-11-14-5-3-4-6-16(14)22-17/h3-11H,12H2,1-2H3. The molecule has 0 fully saturated rings. The summed E-state index contributed by atoms with van der Waals surface area (Å²) in [7, 11) is 3.39. The number of rotatable bonds is 4. The number of amides is 1. The molecule has 0 bridgehead atoms. The molecule has 22 heavy (non-hydrogen) atoms. The Bertz CT molecular complexity index is 756. The summed E-state index contributed by atoms with van der Waals surface area (Å²) < 4.78 is 10.7. The first-order valence-electron chi connectivity index (χ1n) is 7.04. The second-order valence-electron chi connectivity index (χ2n) is 5.16. The highest BCUT2D eigenvalue weighted by Crippen LogP contribution is 2.20. The predicted octanol–water partition coefficient (Wildman–Crippen LogP) is 3.71. The van der Waals surface area contributed by atoms with E-state index in [0.29, 0.717) is 12.3 Å². The van der Waals surface area contributed by atoms with Crippen molar-refractivity contribution in [2.75, 3.05) is 14.2 Å². The van der Waals surface area contributed by atoms with E-state index in [-0.39, 0.29) is 5.91 Å². The van der Waals surface area contributed by atoms with Gasteiger partial charge in [-0.2, -0.15) is 0 Å². The third kappa shape index (κ3) is 2.81. The molecule has 1 heterocycles. The smallest absolute Gasteiger partial charge is 0.289 e. The normalized spacial score (nSPS) is 10.6. The molecule has 0 spiro atoms. The van der Waals surface area contributed by atoms with E-state index in [1.165, 1.54) is 0 Å². The van der Waals surface area contributed by atoms with Gasteiger partial charge in [0.1, 0.15) is 11.3 Å². The fourth-order valence-electron chi connectivity index (χ4n) is 2.35. The molecule has 0 aliphatic rings. The molecule has 0 aliphatic carbocycles. The minimum absolute atomic E-state index is 0.132. The van der Waals surface area contributed by atoms with Gasteiger partial charge in [0, 0.05) is 19.0 Å². The molecule has 3 aromatic rings. The molecule has 4 heteroatoms. The fourth-order valence-corrected chi connectivity index (χ4v) is 2.35. The van der Waals surface area contributed by atoms with E-state index >= 15 is 0 Å². The molecule has 0 unspecified atom stereocenters. The van der Waals surface area contributed by atoms with Gasteiger partial charge in [0.2, 0.25) is 0 Å². The van der Waals surface area contributed by atoms with Crippen molar-refractivity contribution in [2.24, 2.45) is 0 Å². The van der Waals surface area contributed by atoms with Gasteiger partial charge in [0.15, 0.2) is 5.76 Å². The van der Waals surface area contributed by atoms with Crippen LogP contribution >= 0.6 is 0 Å². The summed E-state index contributed by atoms with van der Waals surface area (Å²) in [5.41, 5.74) is 1.76. The van der Waals surface area contributed by atoms with E-state index in [2.05, 4.69) is 0 Å². The lowest BCUT2D eigenvalue weighted by Gasteiger charge is -2.16. The Balaban J connectivity index is 1.75. The Kier molecular flexibility index (Phi) is 3.83. The third-order valence-electron chi connectivity index (χ3n) is 3.56. The molecule has 0 N–H and O–H groups in total. The van der Waals surface area contributed by atoms with Crippen LogP contribution in [0.4, 0.5) is 0 Å². The summed E-state index contributed by atoms with van der Waals surface area (Å²) in [5, 5.41) is 0.934. The second kappa shape index (κ2) is 5.93. The molecule has 4 nitrogen and oxygen atoms in total. The molecular formula is C18H17NO3. The summed E-state index contributed by atoms with van der Waals surface area (Å²) in [5.74, 6) is 1.03. The summed E-state index contributed by atoms with van der Waals surface area (Å²) in [4.78, 5) is 14.1. The lowest BCUT2D eigenvalue weighted by molar-refractivity contribution is 0.0756. The van der Waals surface area contributed by atoms with Gasteiger partial charge < -0.3 is 14.1 Å². The van der Waals surface area contributed by atoms with Crippen molar-refractivity contribution < 1.29 is 13.9 Å². The van der Waals surface area contributed by atoms with E-state index in [1.807, 2.05) is 48.5 Å². The Morgan fingerprint density at radius 2 is 1.86 bits per heavy atom. The predicted molar refractivity (Wildman–Crippen MR) is 85.0 cm³/mol. The lowest BCUT2D eigenvalue weighted by Crippen LogP contribution is -2.25. The van der Waals surface area contributed by atoms with Gasteiger partial charge in [0.05, 0.1) is 7.11 Å². The Morgan fingerprint density at radius 1 is 1.14 bits per heavy atom. The quantitative estimate of drug-likeness (QED) is 0.737. The molecule has 0 saturated carbocycles. The highest BCUT2D eigenvalue weighted by Gasteiger charge is 2.16. The summed E-state index contributed by atoms with van der Waals surface area (Å²) in [6.07, 6.45) is 0. The largest absolute Gasteiger partial charge is 0.497 e. The van der Waals surface area contributed by atoms with Gasteiger partial charge in [-0.25, -0.2) is 0 Å². The summed E-state index contributed by atoms with van der Waals surface area (Å²) in [6, 6.07) is 17.0. The molecule has 0 radical (unpaired) electrons. The van der Waals surface area contributed by atoms with Crippen LogP contribution in [-0.2, 0) is 6.54 Å². The first kappa shape index (κ1) is 14.2. The van der Waals surface area contributed by atoms with Crippen molar-refractivity contribution >= 4 is 16.9 Å². The molecule has 0 atom stereocenters. The number of benzene rings is 2. The van der Waals surface area contributed by atoms with E-state index in [1.54, 1.807) is 25.1 Å². The van der Waals surface area contributed by atoms with Crippen LogP contribution in [0.2, 0.25) is 0 Å². The van der Waals surface area contributed by atoms with Crippen molar-refractivity contribution in [1.82, 2.24) is 4.90 Å². The lowest BCUT2D eigenvalue weighted by atomic mass is 10.2. The van der Waals surface area contributed by atoms with Gasteiger partial charge in [-0.05, 0) is 29.8 Å². The van der Waals surface area contributed by atoms with Crippen molar-refractivity contribution in [1.29, 1.82) is 0 Å². The first-order valence-corrected chi connectivity index (χ1v) is 7.04. The number of carbonyl (C=O) groups is 1. The Morgan fingerprint density at radius 3 is 2.55 bits per heavy atom. The SMILES string of the molecule is COc1ccc(CN(C)C(=O)c2cc3ccccc3o2)cc1. The topological polar surface area (TPSA) is 42.7 Å². The zero-order valence-corrected chi connectivity index (χ0v) is 12.6. The van der Waals surface area contributed by atoms with Crippen LogP contribution in [0.5, 0.6) is 5.75 Å². The van der Waals surface area contributed by atoms with Gasteiger partial charge in [-0.15, -0.1) is 0 Å². The average molecular weight is 295 g/mol. The van der Waals surface area contributed by atoms with Crippen LogP contribution in [0, 0.1) is 0 Å². The van der Waals surface area contributed by atoms with Gasteiger partial charge >= 0.3 is 0 Å². The molecule has 1 aromatic heterocycles. The number of hydrogen-bond donors (Lipinski definition) is 0. The number of hydrogen-bond acceptors (Lipinski definition) is 3. The van der Waals surface area contributed by atoms with Crippen LogP contribution in [-0.4, -0.2) is 25.0 Å². The molecule has 0 saturated heterocycles. The number of para-hydroxylation sites is 1. The van der Waals surface area contributed by atoms with Gasteiger partial charge in [-0.1, -0.05) is 30.3 Å². The molecule has 0 aliphatic heterocycles. The minimum atomic E-state index is -0.132. The third-order valence-corrected chi connectivity index (χ3v) is 3.56.